The Morgan fingerprint density at radius 1 is 1.24 bits per heavy atom. The summed E-state index contributed by atoms with van der Waals surface area (Å²) >= 11 is 0. The fourth-order valence-electron chi connectivity index (χ4n) is 3.16. The number of aliphatic hydroxyl groups excluding tert-OH is 3. The molecule has 0 aliphatic heterocycles. The SMILES string of the molecule is CCC(CCc1ccc(F)cc1)NCC1(CO)C=CC(O)=C(CO)C1. The fourth-order valence-corrected chi connectivity index (χ4v) is 3.16. The molecule has 1 aliphatic carbocycles. The zero-order valence-corrected chi connectivity index (χ0v) is 14.7. The number of hydrogen-bond acceptors (Lipinski definition) is 4. The highest BCUT2D eigenvalue weighted by Gasteiger charge is 2.31. The first-order chi connectivity index (χ1) is 12.0. The van der Waals surface area contributed by atoms with Gasteiger partial charge in [-0.15, -0.1) is 0 Å². The summed E-state index contributed by atoms with van der Waals surface area (Å²) in [7, 11) is 0. The third kappa shape index (κ3) is 5.39. The second kappa shape index (κ2) is 9.13. The third-order valence-corrected chi connectivity index (χ3v) is 4.96. The van der Waals surface area contributed by atoms with E-state index in [2.05, 4.69) is 12.2 Å². The van der Waals surface area contributed by atoms with Crippen molar-refractivity contribution in [3.8, 4) is 0 Å². The number of rotatable bonds is 9. The number of allylic oxidation sites excluding steroid dienone is 1. The predicted molar refractivity (Wildman–Crippen MR) is 96.8 cm³/mol. The minimum absolute atomic E-state index is 0.0539. The van der Waals surface area contributed by atoms with Gasteiger partial charge in [0.1, 0.15) is 11.6 Å². The van der Waals surface area contributed by atoms with Crippen molar-refractivity contribution in [3.05, 3.63) is 59.1 Å². The molecule has 1 aliphatic rings. The lowest BCUT2D eigenvalue weighted by Gasteiger charge is -2.34. The number of aliphatic hydroxyl groups is 3. The largest absolute Gasteiger partial charge is 0.508 e. The van der Waals surface area contributed by atoms with E-state index in [0.717, 1.165) is 24.8 Å². The quantitative estimate of drug-likeness (QED) is 0.553. The molecule has 0 fully saturated rings. The molecule has 4 nitrogen and oxygen atoms in total. The van der Waals surface area contributed by atoms with Crippen molar-refractivity contribution in [2.75, 3.05) is 19.8 Å². The van der Waals surface area contributed by atoms with E-state index in [1.807, 2.05) is 18.2 Å². The fraction of sp³-hybridized carbons (Fsp3) is 0.500. The first kappa shape index (κ1) is 19.6. The summed E-state index contributed by atoms with van der Waals surface area (Å²) in [5, 5.41) is 32.5. The van der Waals surface area contributed by atoms with Gasteiger partial charge in [0.05, 0.1) is 13.2 Å². The Balaban J connectivity index is 1.90. The van der Waals surface area contributed by atoms with Crippen LogP contribution in [0, 0.1) is 11.2 Å². The van der Waals surface area contributed by atoms with Crippen molar-refractivity contribution < 1.29 is 19.7 Å². The highest BCUT2D eigenvalue weighted by atomic mass is 19.1. The standard InChI is InChI=1S/C20H28FNO3/c1-2-18(8-5-15-3-6-17(21)7-4-15)22-13-20(14-24)10-9-19(25)16(11-20)12-23/h3-4,6-7,9-10,18,22-25H,2,5,8,11-14H2,1H3. The second-order valence-electron chi connectivity index (χ2n) is 6.83. The van der Waals surface area contributed by atoms with Crippen LogP contribution in [0.2, 0.25) is 0 Å². The normalized spacial score (nSPS) is 21.6. The van der Waals surface area contributed by atoms with Gasteiger partial charge in [0.15, 0.2) is 0 Å². The number of benzene rings is 1. The molecule has 2 atom stereocenters. The summed E-state index contributed by atoms with van der Waals surface area (Å²) in [5.41, 5.74) is 1.15. The molecule has 25 heavy (non-hydrogen) atoms. The van der Waals surface area contributed by atoms with Crippen LogP contribution in [0.25, 0.3) is 0 Å². The Kier molecular flexibility index (Phi) is 7.17. The zero-order valence-electron chi connectivity index (χ0n) is 14.7. The summed E-state index contributed by atoms with van der Waals surface area (Å²) in [5.74, 6) is -0.131. The summed E-state index contributed by atoms with van der Waals surface area (Å²) in [4.78, 5) is 0. The van der Waals surface area contributed by atoms with Crippen molar-refractivity contribution in [1.82, 2.24) is 5.32 Å². The molecule has 1 aromatic carbocycles. The summed E-state index contributed by atoms with van der Waals surface area (Å²) < 4.78 is 13.0. The van der Waals surface area contributed by atoms with E-state index < -0.39 is 5.41 Å². The third-order valence-electron chi connectivity index (χ3n) is 4.96. The van der Waals surface area contributed by atoms with Crippen molar-refractivity contribution in [3.63, 3.8) is 0 Å². The molecule has 1 aromatic rings. The lowest BCUT2D eigenvalue weighted by atomic mass is 9.78. The van der Waals surface area contributed by atoms with Crippen LogP contribution in [0.1, 0.15) is 31.7 Å². The van der Waals surface area contributed by atoms with Gasteiger partial charge in [-0.2, -0.15) is 0 Å². The molecule has 4 N–H and O–H groups in total. The summed E-state index contributed by atoms with van der Waals surface area (Å²) in [6.07, 6.45) is 6.54. The maximum Gasteiger partial charge on any atom is 0.123 e. The van der Waals surface area contributed by atoms with Crippen LogP contribution in [0.15, 0.2) is 47.7 Å². The van der Waals surface area contributed by atoms with Gasteiger partial charge in [-0.3, -0.25) is 0 Å². The second-order valence-corrected chi connectivity index (χ2v) is 6.83. The Bertz CT molecular complexity index is 612. The van der Waals surface area contributed by atoms with E-state index in [9.17, 15) is 19.7 Å². The highest BCUT2D eigenvalue weighted by molar-refractivity contribution is 5.29. The van der Waals surface area contributed by atoms with Gasteiger partial charge >= 0.3 is 0 Å². The average molecular weight is 349 g/mol. The van der Waals surface area contributed by atoms with Gasteiger partial charge in [-0.1, -0.05) is 25.1 Å². The highest BCUT2D eigenvalue weighted by Crippen LogP contribution is 2.33. The van der Waals surface area contributed by atoms with Gasteiger partial charge in [0, 0.05) is 18.0 Å². The number of nitrogens with one attached hydrogen (secondary N) is 1. The molecular weight excluding hydrogens is 321 g/mol. The van der Waals surface area contributed by atoms with Crippen LogP contribution >= 0.6 is 0 Å². The average Bonchev–Trinajstić information content (AvgIpc) is 2.64. The molecular formula is C20H28FNO3. The maximum atomic E-state index is 13.0. The van der Waals surface area contributed by atoms with Crippen LogP contribution in [-0.2, 0) is 6.42 Å². The smallest absolute Gasteiger partial charge is 0.123 e. The number of halogens is 1. The van der Waals surface area contributed by atoms with Crippen LogP contribution < -0.4 is 5.32 Å². The van der Waals surface area contributed by atoms with E-state index in [1.54, 1.807) is 6.08 Å². The van der Waals surface area contributed by atoms with Crippen molar-refractivity contribution in [1.29, 1.82) is 0 Å². The molecule has 0 saturated heterocycles. The van der Waals surface area contributed by atoms with E-state index in [-0.39, 0.29) is 30.8 Å². The first-order valence-electron chi connectivity index (χ1n) is 8.81. The maximum absolute atomic E-state index is 13.0. The van der Waals surface area contributed by atoms with E-state index in [0.29, 0.717) is 18.5 Å². The Labute approximate surface area is 148 Å². The predicted octanol–water partition coefficient (Wildman–Crippen LogP) is 2.87. The van der Waals surface area contributed by atoms with Crippen molar-refractivity contribution >= 4 is 0 Å². The first-order valence-corrected chi connectivity index (χ1v) is 8.81. The molecule has 0 saturated carbocycles. The lowest BCUT2D eigenvalue weighted by Crippen LogP contribution is -2.42. The van der Waals surface area contributed by atoms with Crippen LogP contribution in [0.5, 0.6) is 0 Å². The summed E-state index contributed by atoms with van der Waals surface area (Å²) in [6.45, 7) is 2.41. The molecule has 0 spiro atoms. The Hall–Kier alpha value is -1.69. The molecule has 0 bridgehead atoms. The van der Waals surface area contributed by atoms with E-state index in [4.69, 9.17) is 0 Å². The summed E-state index contributed by atoms with van der Waals surface area (Å²) in [6, 6.07) is 6.85. The number of aryl methyl sites for hydroxylation is 1. The monoisotopic (exact) mass is 349 g/mol. The van der Waals surface area contributed by atoms with Crippen LogP contribution in [0.3, 0.4) is 0 Å². The van der Waals surface area contributed by atoms with E-state index in [1.165, 1.54) is 12.1 Å². The van der Waals surface area contributed by atoms with Gasteiger partial charge in [-0.05, 0) is 55.0 Å². The van der Waals surface area contributed by atoms with Gasteiger partial charge in [0.25, 0.3) is 0 Å². The Morgan fingerprint density at radius 2 is 1.96 bits per heavy atom. The van der Waals surface area contributed by atoms with Crippen molar-refractivity contribution in [2.45, 2.75) is 38.6 Å². The van der Waals surface area contributed by atoms with Crippen LogP contribution in [-0.4, -0.2) is 41.1 Å². The van der Waals surface area contributed by atoms with Crippen LogP contribution in [0.4, 0.5) is 4.39 Å². The number of hydrogen-bond donors (Lipinski definition) is 4. The Morgan fingerprint density at radius 3 is 2.56 bits per heavy atom. The van der Waals surface area contributed by atoms with E-state index >= 15 is 0 Å². The van der Waals surface area contributed by atoms with Gasteiger partial charge in [0.2, 0.25) is 0 Å². The molecule has 2 unspecified atom stereocenters. The topological polar surface area (TPSA) is 72.7 Å². The lowest BCUT2D eigenvalue weighted by molar-refractivity contribution is 0.150. The van der Waals surface area contributed by atoms with Gasteiger partial charge in [-0.25, -0.2) is 4.39 Å². The zero-order chi connectivity index (χ0) is 18.3. The molecule has 5 heteroatoms. The minimum Gasteiger partial charge on any atom is -0.508 e. The molecule has 138 valence electrons. The van der Waals surface area contributed by atoms with Crippen molar-refractivity contribution in [2.24, 2.45) is 5.41 Å². The molecule has 0 amide bonds. The molecule has 0 radical (unpaired) electrons. The molecule has 2 rings (SSSR count). The molecule has 0 aromatic heterocycles. The molecule has 0 heterocycles. The van der Waals surface area contributed by atoms with Gasteiger partial charge < -0.3 is 20.6 Å². The minimum atomic E-state index is -0.506.